The molecule has 1 saturated heterocycles. The molecule has 0 aliphatic carbocycles. The standard InChI is InChI=1S/C21H21Cl2N3O2S2/c22-15-4-6-16(7-5-15)29-14-19(27)26(9-8-25-10-12-28-13-11-25)21-24-20-17(23)2-1-3-18(20)30-21/h1-7H,8-14H2. The highest BCUT2D eigenvalue weighted by Gasteiger charge is 2.22. The summed E-state index contributed by atoms with van der Waals surface area (Å²) in [5, 5.41) is 1.98. The van der Waals surface area contributed by atoms with Crippen molar-refractivity contribution in [2.75, 3.05) is 50.0 Å². The Morgan fingerprint density at radius 2 is 1.93 bits per heavy atom. The van der Waals surface area contributed by atoms with Crippen molar-refractivity contribution >= 4 is 67.6 Å². The number of anilines is 1. The minimum atomic E-state index is 0.0263. The predicted molar refractivity (Wildman–Crippen MR) is 126 cm³/mol. The number of para-hydroxylation sites is 1. The summed E-state index contributed by atoms with van der Waals surface area (Å²) in [6, 6.07) is 13.2. The average Bonchev–Trinajstić information content (AvgIpc) is 3.19. The number of ether oxygens (including phenoxy) is 1. The lowest BCUT2D eigenvalue weighted by Crippen LogP contribution is -2.43. The van der Waals surface area contributed by atoms with Crippen LogP contribution in [0.5, 0.6) is 0 Å². The largest absolute Gasteiger partial charge is 0.379 e. The Hall–Kier alpha value is -1.35. The summed E-state index contributed by atoms with van der Waals surface area (Å²) in [6.45, 7) is 4.59. The van der Waals surface area contributed by atoms with E-state index >= 15 is 0 Å². The van der Waals surface area contributed by atoms with Gasteiger partial charge in [0.15, 0.2) is 5.13 Å². The van der Waals surface area contributed by atoms with Gasteiger partial charge >= 0.3 is 0 Å². The molecule has 2 aromatic carbocycles. The van der Waals surface area contributed by atoms with Crippen LogP contribution in [0.1, 0.15) is 0 Å². The Morgan fingerprint density at radius 1 is 1.17 bits per heavy atom. The lowest BCUT2D eigenvalue weighted by molar-refractivity contribution is -0.116. The van der Waals surface area contributed by atoms with Gasteiger partial charge in [-0.25, -0.2) is 4.98 Å². The Kier molecular flexibility index (Phi) is 7.51. The summed E-state index contributed by atoms with van der Waals surface area (Å²) in [4.78, 5) is 23.0. The molecule has 0 bridgehead atoms. The fraction of sp³-hybridized carbons (Fsp3) is 0.333. The zero-order valence-corrected chi connectivity index (χ0v) is 19.4. The van der Waals surface area contributed by atoms with E-state index in [4.69, 9.17) is 27.9 Å². The molecule has 4 rings (SSSR count). The Bertz CT molecular complexity index is 1010. The van der Waals surface area contributed by atoms with Gasteiger partial charge in [-0.15, -0.1) is 11.8 Å². The maximum Gasteiger partial charge on any atom is 0.239 e. The number of nitrogens with zero attached hydrogens (tertiary/aromatic N) is 3. The third-order valence-corrected chi connectivity index (χ3v) is 7.41. The lowest BCUT2D eigenvalue weighted by atomic mass is 10.3. The van der Waals surface area contributed by atoms with Crippen molar-refractivity contribution in [3.63, 3.8) is 0 Å². The van der Waals surface area contributed by atoms with Gasteiger partial charge in [0.2, 0.25) is 5.91 Å². The first kappa shape index (κ1) is 21.9. The van der Waals surface area contributed by atoms with E-state index < -0.39 is 0 Å². The topological polar surface area (TPSA) is 45.7 Å². The summed E-state index contributed by atoms with van der Waals surface area (Å²) in [6.07, 6.45) is 0. The molecule has 0 atom stereocenters. The van der Waals surface area contributed by atoms with E-state index in [-0.39, 0.29) is 5.91 Å². The number of morpholine rings is 1. The number of hydrogen-bond acceptors (Lipinski definition) is 6. The van der Waals surface area contributed by atoms with E-state index in [1.807, 2.05) is 42.5 Å². The second-order valence-corrected chi connectivity index (χ2v) is 9.73. The highest BCUT2D eigenvalue weighted by molar-refractivity contribution is 8.00. The average molecular weight is 482 g/mol. The third-order valence-electron chi connectivity index (χ3n) is 4.81. The van der Waals surface area contributed by atoms with Crippen molar-refractivity contribution in [2.45, 2.75) is 4.90 Å². The van der Waals surface area contributed by atoms with Crippen LogP contribution in [0.15, 0.2) is 47.4 Å². The van der Waals surface area contributed by atoms with Crippen LogP contribution in [0, 0.1) is 0 Å². The molecule has 1 amide bonds. The van der Waals surface area contributed by atoms with Gasteiger partial charge in [-0.2, -0.15) is 0 Å². The molecule has 9 heteroatoms. The van der Waals surface area contributed by atoms with Crippen molar-refractivity contribution < 1.29 is 9.53 Å². The van der Waals surface area contributed by atoms with Gasteiger partial charge in [0.05, 0.1) is 28.7 Å². The molecule has 1 aliphatic heterocycles. The summed E-state index contributed by atoms with van der Waals surface area (Å²) < 4.78 is 6.41. The molecule has 0 N–H and O–H groups in total. The van der Waals surface area contributed by atoms with Crippen LogP contribution in [0.4, 0.5) is 5.13 Å². The molecule has 2 heterocycles. The van der Waals surface area contributed by atoms with Crippen molar-refractivity contribution in [3.8, 4) is 0 Å². The molecule has 0 spiro atoms. The van der Waals surface area contributed by atoms with Gasteiger partial charge < -0.3 is 4.74 Å². The highest BCUT2D eigenvalue weighted by atomic mass is 35.5. The van der Waals surface area contributed by atoms with Crippen LogP contribution in [-0.4, -0.2) is 60.9 Å². The molecule has 0 unspecified atom stereocenters. The minimum absolute atomic E-state index is 0.0263. The van der Waals surface area contributed by atoms with Gasteiger partial charge in [0, 0.05) is 36.1 Å². The molecular weight excluding hydrogens is 461 g/mol. The number of carbonyl (C=O) groups is 1. The first-order valence-corrected chi connectivity index (χ1v) is 12.2. The van der Waals surface area contributed by atoms with E-state index in [0.717, 1.165) is 48.0 Å². The van der Waals surface area contributed by atoms with E-state index in [9.17, 15) is 4.79 Å². The predicted octanol–water partition coefficient (Wildman–Crippen LogP) is 5.06. The summed E-state index contributed by atoms with van der Waals surface area (Å²) in [5.74, 6) is 0.354. The number of benzene rings is 2. The van der Waals surface area contributed by atoms with E-state index in [1.165, 1.54) is 23.1 Å². The zero-order valence-electron chi connectivity index (χ0n) is 16.2. The quantitative estimate of drug-likeness (QED) is 0.441. The Morgan fingerprint density at radius 3 is 2.67 bits per heavy atom. The first-order chi connectivity index (χ1) is 14.6. The van der Waals surface area contributed by atoms with Gasteiger partial charge in [0.1, 0.15) is 5.52 Å². The molecule has 0 radical (unpaired) electrons. The normalized spacial score (nSPS) is 14.9. The summed E-state index contributed by atoms with van der Waals surface area (Å²) >= 11 is 15.3. The van der Waals surface area contributed by atoms with Crippen LogP contribution >= 0.6 is 46.3 Å². The SMILES string of the molecule is O=C(CSc1ccc(Cl)cc1)N(CCN1CCOCC1)c1nc2c(Cl)cccc2s1. The van der Waals surface area contributed by atoms with E-state index in [0.29, 0.717) is 27.5 Å². The van der Waals surface area contributed by atoms with Crippen LogP contribution in [0.25, 0.3) is 10.2 Å². The number of aromatic nitrogens is 1. The second-order valence-electron chi connectivity index (χ2n) is 6.83. The molecule has 30 heavy (non-hydrogen) atoms. The smallest absolute Gasteiger partial charge is 0.239 e. The number of carbonyl (C=O) groups excluding carboxylic acids is 1. The van der Waals surface area contributed by atoms with Crippen molar-refractivity contribution in [2.24, 2.45) is 0 Å². The Labute approximate surface area is 193 Å². The van der Waals surface area contributed by atoms with Crippen molar-refractivity contribution in [3.05, 3.63) is 52.5 Å². The summed E-state index contributed by atoms with van der Waals surface area (Å²) in [5.41, 5.74) is 0.744. The summed E-state index contributed by atoms with van der Waals surface area (Å²) in [7, 11) is 0. The van der Waals surface area contributed by atoms with Gasteiger partial charge in [-0.05, 0) is 36.4 Å². The van der Waals surface area contributed by atoms with Crippen LogP contribution < -0.4 is 4.90 Å². The molecule has 3 aromatic rings. The van der Waals surface area contributed by atoms with E-state index in [2.05, 4.69) is 9.88 Å². The molecule has 158 valence electrons. The number of rotatable bonds is 7. The highest BCUT2D eigenvalue weighted by Crippen LogP contribution is 2.33. The molecule has 5 nitrogen and oxygen atoms in total. The van der Waals surface area contributed by atoms with E-state index in [1.54, 1.807) is 4.90 Å². The zero-order chi connectivity index (χ0) is 20.9. The Balaban J connectivity index is 1.51. The maximum atomic E-state index is 13.2. The molecule has 0 saturated carbocycles. The second kappa shape index (κ2) is 10.3. The molecule has 1 fully saturated rings. The van der Waals surface area contributed by atoms with Gasteiger partial charge in [-0.3, -0.25) is 14.6 Å². The molecular formula is C21H21Cl2N3O2S2. The van der Waals surface area contributed by atoms with Crippen LogP contribution in [0.3, 0.4) is 0 Å². The minimum Gasteiger partial charge on any atom is -0.379 e. The number of halogens is 2. The number of thioether (sulfide) groups is 1. The van der Waals surface area contributed by atoms with Gasteiger partial charge in [0.25, 0.3) is 0 Å². The maximum absolute atomic E-state index is 13.2. The van der Waals surface area contributed by atoms with Crippen LogP contribution in [-0.2, 0) is 9.53 Å². The van der Waals surface area contributed by atoms with Crippen LogP contribution in [0.2, 0.25) is 10.0 Å². The van der Waals surface area contributed by atoms with Crippen molar-refractivity contribution in [1.29, 1.82) is 0 Å². The lowest BCUT2D eigenvalue weighted by Gasteiger charge is -2.29. The number of hydrogen-bond donors (Lipinski definition) is 0. The van der Waals surface area contributed by atoms with Gasteiger partial charge in [-0.1, -0.05) is 40.6 Å². The fourth-order valence-corrected chi connectivity index (χ4v) is 5.37. The third kappa shape index (κ3) is 5.46. The number of thiazole rings is 1. The molecule has 1 aromatic heterocycles. The monoisotopic (exact) mass is 481 g/mol. The fourth-order valence-electron chi connectivity index (χ4n) is 3.17. The number of fused-ring (bicyclic) bond motifs is 1. The first-order valence-electron chi connectivity index (χ1n) is 9.64. The van der Waals surface area contributed by atoms with Crippen molar-refractivity contribution in [1.82, 2.24) is 9.88 Å². The molecule has 1 aliphatic rings. The number of amides is 1.